The van der Waals surface area contributed by atoms with Crippen molar-refractivity contribution in [2.45, 2.75) is 19.3 Å². The monoisotopic (exact) mass is 270 g/mol. The van der Waals surface area contributed by atoms with Crippen molar-refractivity contribution in [1.82, 2.24) is 10.1 Å². The minimum atomic E-state index is -0.0411. The largest absolute Gasteiger partial charge is 0.351 e. The van der Waals surface area contributed by atoms with Gasteiger partial charge in [0, 0.05) is 19.2 Å². The van der Waals surface area contributed by atoms with Crippen molar-refractivity contribution in [2.24, 2.45) is 5.92 Å². The maximum atomic E-state index is 12.1. The molecule has 0 atom stereocenters. The topological polar surface area (TPSA) is 46.3 Å². The number of carbonyl (C=O) groups is 1. The number of rotatable bonds is 3. The molecule has 20 heavy (non-hydrogen) atoms. The van der Waals surface area contributed by atoms with Gasteiger partial charge in [-0.1, -0.05) is 35.5 Å². The third-order valence-corrected chi connectivity index (χ3v) is 3.92. The van der Waals surface area contributed by atoms with Crippen LogP contribution in [0.2, 0.25) is 0 Å². The van der Waals surface area contributed by atoms with Crippen LogP contribution in [0.5, 0.6) is 0 Å². The summed E-state index contributed by atoms with van der Waals surface area (Å²) in [6.45, 7) is 1.61. The molecule has 0 aliphatic carbocycles. The molecular weight excluding hydrogens is 252 g/mol. The van der Waals surface area contributed by atoms with Crippen LogP contribution in [0.25, 0.3) is 0 Å². The smallest absolute Gasteiger partial charge is 0.292 e. The minimum Gasteiger partial charge on any atom is -0.351 e. The summed E-state index contributed by atoms with van der Waals surface area (Å²) in [5.74, 6) is 0.961. The number of aromatic nitrogens is 1. The highest BCUT2D eigenvalue weighted by molar-refractivity contribution is 5.91. The molecule has 0 spiro atoms. The highest BCUT2D eigenvalue weighted by atomic mass is 16.5. The fourth-order valence-electron chi connectivity index (χ4n) is 2.77. The lowest BCUT2D eigenvalue weighted by molar-refractivity contribution is 0.0649. The van der Waals surface area contributed by atoms with E-state index in [1.165, 1.54) is 11.8 Å². The normalized spacial score (nSPS) is 16.3. The molecule has 1 saturated heterocycles. The van der Waals surface area contributed by atoms with E-state index >= 15 is 0 Å². The molecule has 1 aromatic heterocycles. The Morgan fingerprint density at radius 2 is 1.95 bits per heavy atom. The summed E-state index contributed by atoms with van der Waals surface area (Å²) in [5.41, 5.74) is 1.38. The zero-order valence-corrected chi connectivity index (χ0v) is 11.4. The van der Waals surface area contributed by atoms with Gasteiger partial charge in [0.15, 0.2) is 0 Å². The number of hydrogen-bond donors (Lipinski definition) is 0. The van der Waals surface area contributed by atoms with Gasteiger partial charge in [-0.2, -0.15) is 0 Å². The molecule has 1 aliphatic heterocycles. The molecule has 1 aliphatic rings. The summed E-state index contributed by atoms with van der Waals surface area (Å²) in [6.07, 6.45) is 4.71. The lowest BCUT2D eigenvalue weighted by atomic mass is 9.90. The third-order valence-electron chi connectivity index (χ3n) is 3.92. The summed E-state index contributed by atoms with van der Waals surface area (Å²) < 4.78 is 4.93. The van der Waals surface area contributed by atoms with E-state index in [2.05, 4.69) is 29.4 Å². The number of piperidine rings is 1. The summed E-state index contributed by atoms with van der Waals surface area (Å²) in [6, 6.07) is 12.2. The molecule has 1 aromatic carbocycles. The van der Waals surface area contributed by atoms with E-state index in [-0.39, 0.29) is 5.91 Å². The van der Waals surface area contributed by atoms with Crippen LogP contribution in [0.15, 0.2) is 47.1 Å². The van der Waals surface area contributed by atoms with Crippen LogP contribution in [0.4, 0.5) is 0 Å². The maximum Gasteiger partial charge on any atom is 0.292 e. The lowest BCUT2D eigenvalue weighted by Crippen LogP contribution is -2.38. The molecule has 4 heteroatoms. The van der Waals surface area contributed by atoms with Crippen molar-refractivity contribution in [3.63, 3.8) is 0 Å². The molecule has 1 amide bonds. The molecule has 1 fully saturated rings. The first-order chi connectivity index (χ1) is 9.83. The zero-order chi connectivity index (χ0) is 13.8. The Hall–Kier alpha value is -2.10. The van der Waals surface area contributed by atoms with E-state index in [4.69, 9.17) is 4.52 Å². The van der Waals surface area contributed by atoms with Crippen LogP contribution in [0, 0.1) is 5.92 Å². The summed E-state index contributed by atoms with van der Waals surface area (Å²) >= 11 is 0. The predicted octanol–water partition coefficient (Wildman–Crippen LogP) is 2.77. The predicted molar refractivity (Wildman–Crippen MR) is 75.3 cm³/mol. The molecular formula is C16H18N2O2. The van der Waals surface area contributed by atoms with Crippen molar-refractivity contribution in [3.8, 4) is 0 Å². The average molecular weight is 270 g/mol. The maximum absolute atomic E-state index is 12.1. The van der Waals surface area contributed by atoms with Gasteiger partial charge in [-0.15, -0.1) is 0 Å². The Labute approximate surface area is 118 Å². The second kappa shape index (κ2) is 5.90. The van der Waals surface area contributed by atoms with Gasteiger partial charge in [0.05, 0.1) is 6.20 Å². The van der Waals surface area contributed by atoms with Gasteiger partial charge in [-0.25, -0.2) is 0 Å². The van der Waals surface area contributed by atoms with Crippen molar-refractivity contribution in [3.05, 3.63) is 53.9 Å². The number of benzene rings is 1. The molecule has 0 N–H and O–H groups in total. The van der Waals surface area contributed by atoms with Crippen LogP contribution < -0.4 is 0 Å². The first-order valence-corrected chi connectivity index (χ1v) is 7.07. The Balaban J connectivity index is 1.53. The molecule has 2 aromatic rings. The standard InChI is InChI=1S/C16H18N2O2/c19-16(15-6-9-17-20-15)18-10-7-14(8-11-18)12-13-4-2-1-3-5-13/h1-6,9,14H,7-8,10-12H2. The van der Waals surface area contributed by atoms with Gasteiger partial charge in [-0.3, -0.25) is 4.79 Å². The van der Waals surface area contributed by atoms with Gasteiger partial charge in [-0.05, 0) is 30.7 Å². The van der Waals surface area contributed by atoms with Gasteiger partial charge in [0.1, 0.15) is 0 Å². The zero-order valence-electron chi connectivity index (χ0n) is 11.4. The van der Waals surface area contributed by atoms with Crippen molar-refractivity contribution in [1.29, 1.82) is 0 Å². The second-order valence-electron chi connectivity index (χ2n) is 5.30. The van der Waals surface area contributed by atoms with E-state index in [1.54, 1.807) is 6.07 Å². The summed E-state index contributed by atoms with van der Waals surface area (Å²) in [5, 5.41) is 3.59. The number of nitrogens with zero attached hydrogens (tertiary/aromatic N) is 2. The van der Waals surface area contributed by atoms with Gasteiger partial charge < -0.3 is 9.42 Å². The van der Waals surface area contributed by atoms with Crippen molar-refractivity contribution >= 4 is 5.91 Å². The molecule has 2 heterocycles. The van der Waals surface area contributed by atoms with E-state index in [1.807, 2.05) is 11.0 Å². The third kappa shape index (κ3) is 2.90. The first-order valence-electron chi connectivity index (χ1n) is 7.07. The number of amides is 1. The highest BCUT2D eigenvalue weighted by Gasteiger charge is 2.25. The summed E-state index contributed by atoms with van der Waals surface area (Å²) in [7, 11) is 0. The molecule has 104 valence electrons. The fraction of sp³-hybridized carbons (Fsp3) is 0.375. The van der Waals surface area contributed by atoms with Gasteiger partial charge in [0.2, 0.25) is 5.76 Å². The first kappa shape index (κ1) is 12.9. The Bertz CT molecular complexity index is 543. The van der Waals surface area contributed by atoms with E-state index < -0.39 is 0 Å². The molecule has 0 saturated carbocycles. The Kier molecular flexibility index (Phi) is 3.81. The van der Waals surface area contributed by atoms with E-state index in [0.717, 1.165) is 32.4 Å². The van der Waals surface area contributed by atoms with E-state index in [0.29, 0.717) is 11.7 Å². The van der Waals surface area contributed by atoms with Crippen LogP contribution in [-0.4, -0.2) is 29.1 Å². The van der Waals surface area contributed by atoms with E-state index in [9.17, 15) is 4.79 Å². The number of carbonyl (C=O) groups excluding carboxylic acids is 1. The quantitative estimate of drug-likeness (QED) is 0.861. The molecule has 4 nitrogen and oxygen atoms in total. The average Bonchev–Trinajstić information content (AvgIpc) is 3.03. The minimum absolute atomic E-state index is 0.0411. The highest BCUT2D eigenvalue weighted by Crippen LogP contribution is 2.22. The number of hydrogen-bond acceptors (Lipinski definition) is 3. The van der Waals surface area contributed by atoms with Crippen LogP contribution >= 0.6 is 0 Å². The SMILES string of the molecule is O=C(c1ccno1)N1CCC(Cc2ccccc2)CC1. The Morgan fingerprint density at radius 1 is 1.20 bits per heavy atom. The second-order valence-corrected chi connectivity index (χ2v) is 5.30. The van der Waals surface area contributed by atoms with Crippen LogP contribution in [0.3, 0.4) is 0 Å². The van der Waals surface area contributed by atoms with Crippen molar-refractivity contribution < 1.29 is 9.32 Å². The Morgan fingerprint density at radius 3 is 2.60 bits per heavy atom. The number of likely N-dealkylation sites (tertiary alicyclic amines) is 1. The summed E-state index contributed by atoms with van der Waals surface area (Å²) in [4.78, 5) is 14.0. The lowest BCUT2D eigenvalue weighted by Gasteiger charge is -2.31. The van der Waals surface area contributed by atoms with Gasteiger partial charge in [0.25, 0.3) is 5.91 Å². The van der Waals surface area contributed by atoms with Gasteiger partial charge >= 0.3 is 0 Å². The van der Waals surface area contributed by atoms with Crippen molar-refractivity contribution in [2.75, 3.05) is 13.1 Å². The molecule has 0 bridgehead atoms. The van der Waals surface area contributed by atoms with Crippen LogP contribution in [-0.2, 0) is 6.42 Å². The molecule has 0 radical (unpaired) electrons. The molecule has 0 unspecified atom stereocenters. The fourth-order valence-corrected chi connectivity index (χ4v) is 2.77. The molecule has 3 rings (SSSR count). The van der Waals surface area contributed by atoms with Crippen LogP contribution in [0.1, 0.15) is 29.0 Å².